The Morgan fingerprint density at radius 2 is 1.56 bits per heavy atom. The normalized spacial score (nSPS) is 16.2. The third kappa shape index (κ3) is 8.31. The van der Waals surface area contributed by atoms with Gasteiger partial charge in [0.25, 0.3) is 0 Å². The number of aryl methyl sites for hydroxylation is 1. The van der Waals surface area contributed by atoms with E-state index in [0.29, 0.717) is 31.1 Å². The number of esters is 1. The maximum absolute atomic E-state index is 11.7. The van der Waals surface area contributed by atoms with Crippen molar-refractivity contribution in [2.45, 2.75) is 17.7 Å². The fourth-order valence-corrected chi connectivity index (χ4v) is 3.18. The zero-order chi connectivity index (χ0) is 22.1. The van der Waals surface area contributed by atoms with E-state index in [9.17, 15) is 13.2 Å². The molecule has 2 fully saturated rings. The van der Waals surface area contributed by atoms with Crippen LogP contribution in [0.3, 0.4) is 0 Å². The summed E-state index contributed by atoms with van der Waals surface area (Å²) in [5.41, 5.74) is 1.41. The van der Waals surface area contributed by atoms with Gasteiger partial charge in [0.15, 0.2) is 0 Å². The molecule has 10 radical (unpaired) electrons. The average Bonchev–Trinajstić information content (AvgIpc) is 3.54. The van der Waals surface area contributed by atoms with Gasteiger partial charge in [-0.05, 0) is 94.9 Å². The van der Waals surface area contributed by atoms with Crippen LogP contribution in [0.4, 0.5) is 0 Å². The average molecular weight is 494 g/mol. The van der Waals surface area contributed by atoms with Crippen molar-refractivity contribution in [1.82, 2.24) is 15.0 Å². The van der Waals surface area contributed by atoms with Crippen molar-refractivity contribution in [1.29, 1.82) is 0 Å². The van der Waals surface area contributed by atoms with E-state index in [2.05, 4.69) is 10.3 Å². The summed E-state index contributed by atoms with van der Waals surface area (Å²) < 4.78 is 29.2. The summed E-state index contributed by atoms with van der Waals surface area (Å²) in [7, 11) is -3.72. The van der Waals surface area contributed by atoms with Crippen LogP contribution >= 0.6 is 0 Å². The minimum absolute atomic E-state index is 0. The second-order valence-electron chi connectivity index (χ2n) is 6.57. The van der Waals surface area contributed by atoms with Gasteiger partial charge in [-0.25, -0.2) is 18.2 Å². The minimum Gasteiger partial charge on any atom is -0.465 e. The van der Waals surface area contributed by atoms with Crippen molar-refractivity contribution >= 4 is 16.0 Å². The van der Waals surface area contributed by atoms with Gasteiger partial charge in [0.2, 0.25) is 10.0 Å². The van der Waals surface area contributed by atoms with E-state index in [0.717, 1.165) is 5.69 Å². The second kappa shape index (κ2) is 13.1. The van der Waals surface area contributed by atoms with E-state index in [1.807, 2.05) is 32.1 Å². The quantitative estimate of drug-likeness (QED) is 0.357. The fourth-order valence-electron chi connectivity index (χ4n) is 2.66. The zero-order valence-corrected chi connectivity index (χ0v) is 18.9. The first kappa shape index (κ1) is 26.5. The molecule has 10 heteroatoms. The van der Waals surface area contributed by atoms with Crippen LogP contribution in [0.5, 0.6) is 0 Å². The molecule has 0 spiro atoms. The third-order valence-corrected chi connectivity index (χ3v) is 5.16. The number of aromatic nitrogens is 3. The number of nitrogens with zero attached hydrogens (tertiary/aromatic N) is 3. The molecular weight excluding hydrogens is 472 g/mol. The van der Waals surface area contributed by atoms with Crippen molar-refractivity contribution in [2.24, 2.45) is 5.14 Å². The molecule has 1 aromatic carbocycles. The summed E-state index contributed by atoms with van der Waals surface area (Å²) in [5, 5.41) is 13.1. The molecule has 1 heterocycles. The number of nitrogens with two attached hydrogens (primary N) is 1. The largest absolute Gasteiger partial charge is 2.00 e. The zero-order valence-electron chi connectivity index (χ0n) is 17.0. The van der Waals surface area contributed by atoms with Gasteiger partial charge in [0.1, 0.15) is 0 Å². The molecule has 2 N–H and O–H groups in total. The van der Waals surface area contributed by atoms with Gasteiger partial charge < -0.3 is 4.74 Å². The van der Waals surface area contributed by atoms with Gasteiger partial charge in [-0.1, -0.05) is 5.21 Å². The molecule has 4 rings (SSSR count). The number of carbonyl (C=O) groups excluding carboxylic acids is 1. The summed E-state index contributed by atoms with van der Waals surface area (Å²) in [6, 6.07) is 6.02. The van der Waals surface area contributed by atoms with Crippen molar-refractivity contribution in [3.8, 4) is 5.69 Å². The first-order valence-corrected chi connectivity index (χ1v) is 11.1. The van der Waals surface area contributed by atoms with Crippen LogP contribution in [0.2, 0.25) is 0 Å². The van der Waals surface area contributed by atoms with Crippen molar-refractivity contribution in [3.63, 3.8) is 0 Å². The van der Waals surface area contributed by atoms with Crippen molar-refractivity contribution in [2.75, 3.05) is 6.61 Å². The number of benzene rings is 1. The van der Waals surface area contributed by atoms with E-state index in [1.165, 1.54) is 16.8 Å². The van der Waals surface area contributed by atoms with Crippen LogP contribution in [0.25, 0.3) is 5.69 Å². The number of sulfonamides is 1. The van der Waals surface area contributed by atoms with Crippen LogP contribution in [-0.2, 0) is 43.0 Å². The summed E-state index contributed by atoms with van der Waals surface area (Å²) in [5.74, 6) is 0.201. The molecule has 0 bridgehead atoms. The van der Waals surface area contributed by atoms with E-state index >= 15 is 0 Å². The molecule has 166 valence electrons. The Kier molecular flexibility index (Phi) is 10.8. The van der Waals surface area contributed by atoms with Crippen molar-refractivity contribution in [3.05, 3.63) is 99.9 Å². The van der Waals surface area contributed by atoms with Gasteiger partial charge in [0.05, 0.1) is 35.0 Å². The minimum atomic E-state index is -3.72. The summed E-state index contributed by atoms with van der Waals surface area (Å²) in [6.07, 6.45) is 19.9. The topological polar surface area (TPSA) is 117 Å². The predicted octanol–water partition coefficient (Wildman–Crippen LogP) is 1.81. The Bertz CT molecular complexity index is 929. The summed E-state index contributed by atoms with van der Waals surface area (Å²) >= 11 is 0. The number of hydrogen-bond donors (Lipinski definition) is 1. The molecule has 0 atom stereocenters. The molecular formula is C22H22FeN4O4S+2. The monoisotopic (exact) mass is 494 g/mol. The van der Waals surface area contributed by atoms with Crippen molar-refractivity contribution < 1.29 is 35.0 Å². The smallest absolute Gasteiger partial charge is 0.465 e. The first-order chi connectivity index (χ1) is 14.9. The SMILES string of the molecule is NS(=O)(=O)c1ccc(-n2cc(CCCOC(=O)[C]3[CH][CH][CH][CH]3)nn2)cc1.[CH]1[CH][CH][CH][CH]1.[Fe+2]. The molecule has 2 aliphatic carbocycles. The Morgan fingerprint density at radius 3 is 2.12 bits per heavy atom. The Morgan fingerprint density at radius 1 is 0.969 bits per heavy atom. The van der Waals surface area contributed by atoms with Gasteiger partial charge >= 0.3 is 23.0 Å². The molecule has 1 aromatic heterocycles. The summed E-state index contributed by atoms with van der Waals surface area (Å²) in [6.45, 7) is 0.292. The van der Waals surface area contributed by atoms with Crippen LogP contribution in [-0.4, -0.2) is 36.0 Å². The molecule has 2 aliphatic rings. The van der Waals surface area contributed by atoms with Gasteiger partial charge in [0, 0.05) is 0 Å². The van der Waals surface area contributed by atoms with Crippen LogP contribution in [0.1, 0.15) is 12.1 Å². The number of ether oxygens (including phenoxy) is 1. The molecule has 8 nitrogen and oxygen atoms in total. The third-order valence-electron chi connectivity index (χ3n) is 4.23. The van der Waals surface area contributed by atoms with Gasteiger partial charge in [-0.3, -0.25) is 4.79 Å². The van der Waals surface area contributed by atoms with Crippen LogP contribution in [0, 0.1) is 63.7 Å². The van der Waals surface area contributed by atoms with E-state index in [4.69, 9.17) is 9.88 Å². The standard InChI is InChI=1S/C17H17N4O4S.C5H5.Fe/c18-26(23,24)16-9-7-15(8-10-16)21-12-14(19-20-21)6-3-11-25-17(22)13-4-1-2-5-13;1-2-4-5-3-1;/h1-2,4-5,7-10,12H,3,6,11H2,(H2,18,23,24);1-5H;/q;;+2. The Balaban J connectivity index is 0.000000534. The molecule has 32 heavy (non-hydrogen) atoms. The molecule has 2 aromatic rings. The Hall–Kier alpha value is -1.74. The Labute approximate surface area is 200 Å². The fraction of sp³-hybridized carbons (Fsp3) is 0.136. The van der Waals surface area contributed by atoms with Gasteiger partial charge in [-0.2, -0.15) is 0 Å². The second-order valence-corrected chi connectivity index (χ2v) is 8.13. The van der Waals surface area contributed by atoms with Crippen LogP contribution in [0.15, 0.2) is 35.4 Å². The van der Waals surface area contributed by atoms with E-state index < -0.39 is 10.0 Å². The summed E-state index contributed by atoms with van der Waals surface area (Å²) in [4.78, 5) is 11.7. The number of hydrogen-bond acceptors (Lipinski definition) is 6. The van der Waals surface area contributed by atoms with E-state index in [-0.39, 0.29) is 27.9 Å². The molecule has 0 amide bonds. The molecule has 0 aliphatic heterocycles. The van der Waals surface area contributed by atoms with Crippen LogP contribution < -0.4 is 5.14 Å². The maximum Gasteiger partial charge on any atom is 2.00 e. The molecule has 0 unspecified atom stereocenters. The number of primary sulfonamides is 1. The van der Waals surface area contributed by atoms with E-state index in [1.54, 1.807) is 44.0 Å². The maximum atomic E-state index is 11.7. The number of rotatable bonds is 7. The molecule has 2 saturated carbocycles. The number of carbonyl (C=O) groups is 1. The predicted molar refractivity (Wildman–Crippen MR) is 114 cm³/mol. The van der Waals surface area contributed by atoms with Gasteiger partial charge in [-0.15, -0.1) is 5.10 Å². The first-order valence-electron chi connectivity index (χ1n) is 9.53. The molecule has 0 saturated heterocycles.